The minimum absolute atomic E-state index is 0.0314. The molecule has 0 bridgehead atoms. The third kappa shape index (κ3) is 8.25. The standard InChI is InChI=1S/C14H21BrO9/c1-7(16)11(22-8(2)17)12(23-9(3)18)13(24-10(4)19)14(20)21-6-5-15/h7,11-13,16H,5-6H2,1-4H3/t7-,11-,12+,13+/m0/s1. The average Bonchev–Trinajstić information content (AvgIpc) is 2.45. The Morgan fingerprint density at radius 3 is 1.75 bits per heavy atom. The van der Waals surface area contributed by atoms with Crippen molar-refractivity contribution < 1.29 is 43.2 Å². The summed E-state index contributed by atoms with van der Waals surface area (Å²) in [7, 11) is 0. The Balaban J connectivity index is 5.69. The van der Waals surface area contributed by atoms with E-state index in [1.807, 2.05) is 0 Å². The molecular formula is C14H21BrO9. The summed E-state index contributed by atoms with van der Waals surface area (Å²) < 4.78 is 19.6. The van der Waals surface area contributed by atoms with Gasteiger partial charge in [-0.15, -0.1) is 0 Å². The van der Waals surface area contributed by atoms with E-state index in [9.17, 15) is 24.3 Å². The number of esters is 4. The van der Waals surface area contributed by atoms with Gasteiger partial charge in [0.2, 0.25) is 6.10 Å². The SMILES string of the molecule is CC(=O)O[C@H]([C@@H](OC(C)=O)[C@@H](OC(C)=O)C(=O)OCCBr)[C@H](C)O. The van der Waals surface area contributed by atoms with Crippen molar-refractivity contribution in [3.63, 3.8) is 0 Å². The molecule has 24 heavy (non-hydrogen) atoms. The van der Waals surface area contributed by atoms with Crippen molar-refractivity contribution in [3.8, 4) is 0 Å². The number of ether oxygens (including phenoxy) is 4. The molecule has 0 saturated heterocycles. The first kappa shape index (κ1) is 22.3. The van der Waals surface area contributed by atoms with Crippen LogP contribution in [0.15, 0.2) is 0 Å². The first-order valence-electron chi connectivity index (χ1n) is 7.02. The van der Waals surface area contributed by atoms with Crippen molar-refractivity contribution in [2.45, 2.75) is 52.1 Å². The zero-order chi connectivity index (χ0) is 18.9. The van der Waals surface area contributed by atoms with Crippen LogP contribution in [0.2, 0.25) is 0 Å². The summed E-state index contributed by atoms with van der Waals surface area (Å²) >= 11 is 3.06. The molecule has 0 radical (unpaired) electrons. The molecule has 0 aromatic heterocycles. The number of aliphatic hydroxyl groups excluding tert-OH is 1. The van der Waals surface area contributed by atoms with Gasteiger partial charge >= 0.3 is 23.9 Å². The summed E-state index contributed by atoms with van der Waals surface area (Å²) in [6.07, 6.45) is -6.03. The molecule has 0 aromatic rings. The molecule has 0 saturated carbocycles. The summed E-state index contributed by atoms with van der Waals surface area (Å²) in [6, 6.07) is 0. The molecule has 0 aliphatic heterocycles. The lowest BCUT2D eigenvalue weighted by Crippen LogP contribution is -2.53. The van der Waals surface area contributed by atoms with Crippen LogP contribution in [0, 0.1) is 0 Å². The Hall–Kier alpha value is -1.68. The summed E-state index contributed by atoms with van der Waals surface area (Å²) in [4.78, 5) is 46.0. The molecule has 0 unspecified atom stereocenters. The van der Waals surface area contributed by atoms with Gasteiger partial charge in [-0.3, -0.25) is 14.4 Å². The Labute approximate surface area is 147 Å². The van der Waals surface area contributed by atoms with Crippen molar-refractivity contribution in [3.05, 3.63) is 0 Å². The number of alkyl halides is 1. The summed E-state index contributed by atoms with van der Waals surface area (Å²) in [5.41, 5.74) is 0. The van der Waals surface area contributed by atoms with Gasteiger partial charge in [-0.05, 0) is 6.92 Å². The Bertz CT molecular complexity index is 463. The normalized spacial score (nSPS) is 15.4. The fourth-order valence-electron chi connectivity index (χ4n) is 1.77. The van der Waals surface area contributed by atoms with Crippen LogP contribution in [0.3, 0.4) is 0 Å². The zero-order valence-electron chi connectivity index (χ0n) is 13.8. The Morgan fingerprint density at radius 1 is 0.917 bits per heavy atom. The van der Waals surface area contributed by atoms with Crippen LogP contribution >= 0.6 is 15.9 Å². The Kier molecular flexibility index (Phi) is 10.2. The maximum Gasteiger partial charge on any atom is 0.351 e. The molecule has 0 aliphatic carbocycles. The van der Waals surface area contributed by atoms with Gasteiger partial charge in [-0.25, -0.2) is 4.79 Å². The number of rotatable bonds is 9. The molecule has 9 nitrogen and oxygen atoms in total. The van der Waals surface area contributed by atoms with Crippen molar-refractivity contribution in [1.82, 2.24) is 0 Å². The number of carbonyl (C=O) groups excluding carboxylic acids is 4. The predicted molar refractivity (Wildman–Crippen MR) is 83.1 cm³/mol. The molecule has 138 valence electrons. The van der Waals surface area contributed by atoms with Crippen LogP contribution in [0.25, 0.3) is 0 Å². The summed E-state index contributed by atoms with van der Waals surface area (Å²) in [6.45, 7) is 4.40. The molecular weight excluding hydrogens is 392 g/mol. The highest BCUT2D eigenvalue weighted by Crippen LogP contribution is 2.18. The van der Waals surface area contributed by atoms with E-state index < -0.39 is 48.3 Å². The number of halogens is 1. The van der Waals surface area contributed by atoms with E-state index in [1.54, 1.807) is 0 Å². The Morgan fingerprint density at radius 2 is 1.38 bits per heavy atom. The zero-order valence-corrected chi connectivity index (χ0v) is 15.4. The van der Waals surface area contributed by atoms with Crippen molar-refractivity contribution in [2.24, 2.45) is 0 Å². The van der Waals surface area contributed by atoms with E-state index in [0.717, 1.165) is 20.8 Å². The van der Waals surface area contributed by atoms with E-state index in [0.29, 0.717) is 5.33 Å². The van der Waals surface area contributed by atoms with E-state index >= 15 is 0 Å². The summed E-state index contributed by atoms with van der Waals surface area (Å²) in [5, 5.41) is 10.1. The van der Waals surface area contributed by atoms with Crippen LogP contribution in [-0.4, -0.2) is 65.3 Å². The van der Waals surface area contributed by atoms with Gasteiger partial charge in [0.25, 0.3) is 0 Å². The lowest BCUT2D eigenvalue weighted by atomic mass is 10.0. The highest BCUT2D eigenvalue weighted by Gasteiger charge is 2.44. The van der Waals surface area contributed by atoms with Crippen molar-refractivity contribution >= 4 is 39.8 Å². The van der Waals surface area contributed by atoms with Gasteiger partial charge in [0.15, 0.2) is 12.2 Å². The van der Waals surface area contributed by atoms with E-state index in [2.05, 4.69) is 15.9 Å². The van der Waals surface area contributed by atoms with Crippen LogP contribution in [-0.2, 0) is 38.1 Å². The second kappa shape index (κ2) is 11.0. The monoisotopic (exact) mass is 412 g/mol. The van der Waals surface area contributed by atoms with Gasteiger partial charge in [0.05, 0.1) is 6.10 Å². The molecule has 0 aliphatic rings. The lowest BCUT2D eigenvalue weighted by molar-refractivity contribution is -0.200. The summed E-state index contributed by atoms with van der Waals surface area (Å²) in [5.74, 6) is -3.47. The highest BCUT2D eigenvalue weighted by molar-refractivity contribution is 9.09. The maximum absolute atomic E-state index is 12.1. The van der Waals surface area contributed by atoms with Crippen LogP contribution in [0.1, 0.15) is 27.7 Å². The lowest BCUT2D eigenvalue weighted by Gasteiger charge is -2.32. The molecule has 10 heteroatoms. The van der Waals surface area contributed by atoms with Crippen LogP contribution < -0.4 is 0 Å². The first-order chi connectivity index (χ1) is 11.1. The van der Waals surface area contributed by atoms with E-state index in [4.69, 9.17) is 18.9 Å². The van der Waals surface area contributed by atoms with Gasteiger partial charge in [0.1, 0.15) is 6.61 Å². The predicted octanol–water partition coefficient (Wildman–Crippen LogP) is 0.100. The third-order valence-corrected chi connectivity index (χ3v) is 2.87. The van der Waals surface area contributed by atoms with E-state index in [1.165, 1.54) is 6.92 Å². The molecule has 0 rings (SSSR count). The highest BCUT2D eigenvalue weighted by atomic mass is 79.9. The van der Waals surface area contributed by atoms with Crippen molar-refractivity contribution in [2.75, 3.05) is 11.9 Å². The minimum Gasteiger partial charge on any atom is -0.462 e. The minimum atomic E-state index is -1.70. The topological polar surface area (TPSA) is 125 Å². The fraction of sp³-hybridized carbons (Fsp3) is 0.714. The second-order valence-electron chi connectivity index (χ2n) is 4.78. The van der Waals surface area contributed by atoms with Gasteiger partial charge in [0, 0.05) is 26.1 Å². The molecule has 0 fully saturated rings. The molecule has 0 aromatic carbocycles. The second-order valence-corrected chi connectivity index (χ2v) is 5.57. The number of hydrogen-bond acceptors (Lipinski definition) is 9. The number of carbonyl (C=O) groups is 4. The smallest absolute Gasteiger partial charge is 0.351 e. The number of aliphatic hydroxyl groups is 1. The quantitative estimate of drug-likeness (QED) is 0.318. The molecule has 0 amide bonds. The van der Waals surface area contributed by atoms with Crippen LogP contribution in [0.4, 0.5) is 0 Å². The molecule has 1 N–H and O–H groups in total. The molecule has 0 heterocycles. The third-order valence-electron chi connectivity index (χ3n) is 2.55. The maximum atomic E-state index is 12.1. The van der Waals surface area contributed by atoms with E-state index in [-0.39, 0.29) is 6.61 Å². The van der Waals surface area contributed by atoms with Gasteiger partial charge in [-0.2, -0.15) is 0 Å². The molecule has 0 spiro atoms. The van der Waals surface area contributed by atoms with Crippen molar-refractivity contribution in [1.29, 1.82) is 0 Å². The average molecular weight is 413 g/mol. The fourth-order valence-corrected chi connectivity index (χ4v) is 1.94. The number of hydrogen-bond donors (Lipinski definition) is 1. The largest absolute Gasteiger partial charge is 0.462 e. The first-order valence-corrected chi connectivity index (χ1v) is 8.14. The van der Waals surface area contributed by atoms with Gasteiger partial charge in [-0.1, -0.05) is 15.9 Å². The van der Waals surface area contributed by atoms with Gasteiger partial charge < -0.3 is 24.1 Å². The van der Waals surface area contributed by atoms with Crippen LogP contribution in [0.5, 0.6) is 0 Å². The molecule has 4 atom stereocenters.